The van der Waals surface area contributed by atoms with Gasteiger partial charge in [-0.05, 0) is 23.7 Å². The molecule has 0 N–H and O–H groups in total. The molecular weight excluding hydrogens is 216 g/mol. The molecule has 18 heavy (non-hydrogen) atoms. The third-order valence-electron chi connectivity index (χ3n) is 4.58. The van der Waals surface area contributed by atoms with Gasteiger partial charge in [0.05, 0.1) is 0 Å². The average Bonchev–Trinajstić information content (AvgIpc) is 2.31. The van der Waals surface area contributed by atoms with Crippen molar-refractivity contribution in [1.29, 1.82) is 0 Å². The first-order valence-corrected chi connectivity index (χ1v) is 8.49. The zero-order valence-corrected chi connectivity index (χ0v) is 14.0. The number of hydrogen-bond donors (Lipinski definition) is 0. The number of unbranched alkanes of at least 4 members (excludes halogenated alkanes) is 3. The summed E-state index contributed by atoms with van der Waals surface area (Å²) in [4.78, 5) is 0. The molecule has 2 atom stereocenters. The van der Waals surface area contributed by atoms with E-state index in [1.54, 1.807) is 0 Å². The fraction of sp³-hybridized carbons (Fsp3) is 1.00. The van der Waals surface area contributed by atoms with Gasteiger partial charge in [-0.3, -0.25) is 0 Å². The summed E-state index contributed by atoms with van der Waals surface area (Å²) in [5.74, 6) is 3.61. The highest BCUT2D eigenvalue weighted by Gasteiger charge is 2.19. The predicted octanol–water partition coefficient (Wildman–Crippen LogP) is 6.69. The monoisotopic (exact) mass is 254 g/mol. The molecule has 0 bridgehead atoms. The van der Waals surface area contributed by atoms with Crippen molar-refractivity contribution in [2.24, 2.45) is 23.7 Å². The maximum atomic E-state index is 2.48. The van der Waals surface area contributed by atoms with E-state index in [9.17, 15) is 0 Å². The van der Waals surface area contributed by atoms with Gasteiger partial charge >= 0.3 is 0 Å². The Hall–Kier alpha value is 0. The third-order valence-corrected chi connectivity index (χ3v) is 4.58. The van der Waals surface area contributed by atoms with Crippen LogP contribution in [0.15, 0.2) is 0 Å². The molecule has 0 aliphatic rings. The Balaban J connectivity index is 3.96. The summed E-state index contributed by atoms with van der Waals surface area (Å²) in [5, 5.41) is 0. The van der Waals surface area contributed by atoms with E-state index in [4.69, 9.17) is 0 Å². The lowest BCUT2D eigenvalue weighted by molar-refractivity contribution is 0.235. The van der Waals surface area contributed by atoms with Crippen molar-refractivity contribution < 1.29 is 0 Å². The van der Waals surface area contributed by atoms with Gasteiger partial charge in [-0.1, -0.05) is 92.9 Å². The SMILES string of the molecule is CCCCCC(CCCCC(C)C)C(C)C(C)C. The maximum absolute atomic E-state index is 2.48. The van der Waals surface area contributed by atoms with Crippen molar-refractivity contribution >= 4 is 0 Å². The van der Waals surface area contributed by atoms with Crippen LogP contribution >= 0.6 is 0 Å². The fourth-order valence-corrected chi connectivity index (χ4v) is 2.83. The lowest BCUT2D eigenvalue weighted by atomic mass is 9.79. The Morgan fingerprint density at radius 1 is 0.667 bits per heavy atom. The fourth-order valence-electron chi connectivity index (χ4n) is 2.83. The molecule has 0 radical (unpaired) electrons. The summed E-state index contributed by atoms with van der Waals surface area (Å²) >= 11 is 0. The van der Waals surface area contributed by atoms with Gasteiger partial charge in [0.2, 0.25) is 0 Å². The number of hydrogen-bond acceptors (Lipinski definition) is 0. The Morgan fingerprint density at radius 2 is 1.17 bits per heavy atom. The van der Waals surface area contributed by atoms with Crippen molar-refractivity contribution in [2.45, 2.75) is 92.9 Å². The molecule has 0 aliphatic heterocycles. The second-order valence-corrected chi connectivity index (χ2v) is 7.04. The zero-order chi connectivity index (χ0) is 14.0. The highest BCUT2D eigenvalue weighted by atomic mass is 14.2. The molecule has 2 unspecified atom stereocenters. The largest absolute Gasteiger partial charge is 0.0654 e. The van der Waals surface area contributed by atoms with Crippen LogP contribution in [0.1, 0.15) is 92.9 Å². The minimum Gasteiger partial charge on any atom is -0.0654 e. The van der Waals surface area contributed by atoms with E-state index >= 15 is 0 Å². The molecule has 0 aromatic rings. The van der Waals surface area contributed by atoms with E-state index in [0.717, 1.165) is 23.7 Å². The number of rotatable bonds is 11. The van der Waals surface area contributed by atoms with Gasteiger partial charge < -0.3 is 0 Å². The van der Waals surface area contributed by atoms with Crippen molar-refractivity contribution in [3.63, 3.8) is 0 Å². The summed E-state index contributed by atoms with van der Waals surface area (Å²) < 4.78 is 0. The Labute approximate surface area is 117 Å². The predicted molar refractivity (Wildman–Crippen MR) is 84.9 cm³/mol. The summed E-state index contributed by atoms with van der Waals surface area (Å²) in [5.41, 5.74) is 0. The van der Waals surface area contributed by atoms with Crippen LogP contribution in [0.25, 0.3) is 0 Å². The molecule has 0 nitrogen and oxygen atoms in total. The van der Waals surface area contributed by atoms with E-state index in [2.05, 4.69) is 41.5 Å². The van der Waals surface area contributed by atoms with E-state index in [1.807, 2.05) is 0 Å². The minimum atomic E-state index is 0.849. The average molecular weight is 255 g/mol. The second-order valence-electron chi connectivity index (χ2n) is 7.04. The maximum Gasteiger partial charge on any atom is -0.0386 e. The van der Waals surface area contributed by atoms with Crippen LogP contribution in [0.4, 0.5) is 0 Å². The van der Waals surface area contributed by atoms with Crippen LogP contribution in [-0.4, -0.2) is 0 Å². The first-order valence-electron chi connectivity index (χ1n) is 8.49. The molecule has 0 heterocycles. The lowest BCUT2D eigenvalue weighted by Gasteiger charge is -2.27. The normalized spacial score (nSPS) is 15.3. The third kappa shape index (κ3) is 9.00. The van der Waals surface area contributed by atoms with Gasteiger partial charge in [0, 0.05) is 0 Å². The van der Waals surface area contributed by atoms with Crippen molar-refractivity contribution in [1.82, 2.24) is 0 Å². The molecule has 0 spiro atoms. The van der Waals surface area contributed by atoms with Crippen LogP contribution in [0.2, 0.25) is 0 Å². The van der Waals surface area contributed by atoms with Crippen LogP contribution in [0, 0.1) is 23.7 Å². The molecule has 110 valence electrons. The van der Waals surface area contributed by atoms with Crippen LogP contribution in [0.5, 0.6) is 0 Å². The molecule has 0 rings (SSSR count). The molecule has 0 saturated heterocycles. The van der Waals surface area contributed by atoms with Gasteiger partial charge in [0.25, 0.3) is 0 Å². The Bertz CT molecular complexity index is 169. The van der Waals surface area contributed by atoms with Gasteiger partial charge in [0.15, 0.2) is 0 Å². The Morgan fingerprint density at radius 3 is 1.61 bits per heavy atom. The molecule has 0 amide bonds. The molecule has 0 aromatic heterocycles. The van der Waals surface area contributed by atoms with Crippen molar-refractivity contribution in [3.05, 3.63) is 0 Å². The molecule has 0 aliphatic carbocycles. The minimum absolute atomic E-state index is 0.849. The molecular formula is C18H38. The smallest absolute Gasteiger partial charge is 0.0386 e. The summed E-state index contributed by atoms with van der Waals surface area (Å²) in [6.07, 6.45) is 11.5. The summed E-state index contributed by atoms with van der Waals surface area (Å²) in [7, 11) is 0. The van der Waals surface area contributed by atoms with E-state index in [0.29, 0.717) is 0 Å². The first-order chi connectivity index (χ1) is 8.49. The molecule has 0 heteroatoms. The second kappa shape index (κ2) is 10.9. The molecule has 0 fully saturated rings. The van der Waals surface area contributed by atoms with Crippen LogP contribution < -0.4 is 0 Å². The quantitative estimate of drug-likeness (QED) is 0.360. The molecule has 0 aromatic carbocycles. The van der Waals surface area contributed by atoms with Crippen LogP contribution in [-0.2, 0) is 0 Å². The lowest BCUT2D eigenvalue weighted by Crippen LogP contribution is -2.17. The van der Waals surface area contributed by atoms with Crippen LogP contribution in [0.3, 0.4) is 0 Å². The first kappa shape index (κ1) is 18.0. The van der Waals surface area contributed by atoms with Gasteiger partial charge in [-0.2, -0.15) is 0 Å². The standard InChI is InChI=1S/C18H38/c1-7-8-9-13-18(17(6)16(4)5)14-11-10-12-15(2)3/h15-18H,7-14H2,1-6H3. The van der Waals surface area contributed by atoms with Gasteiger partial charge in [-0.15, -0.1) is 0 Å². The van der Waals surface area contributed by atoms with Gasteiger partial charge in [0.1, 0.15) is 0 Å². The highest BCUT2D eigenvalue weighted by molar-refractivity contribution is 4.70. The van der Waals surface area contributed by atoms with Gasteiger partial charge in [-0.25, -0.2) is 0 Å². The summed E-state index contributed by atoms with van der Waals surface area (Å²) in [6, 6.07) is 0. The van der Waals surface area contributed by atoms with E-state index in [-0.39, 0.29) is 0 Å². The topological polar surface area (TPSA) is 0 Å². The highest BCUT2D eigenvalue weighted by Crippen LogP contribution is 2.30. The van der Waals surface area contributed by atoms with E-state index < -0.39 is 0 Å². The van der Waals surface area contributed by atoms with Crippen molar-refractivity contribution in [3.8, 4) is 0 Å². The molecule has 0 saturated carbocycles. The Kier molecular flexibility index (Phi) is 10.9. The van der Waals surface area contributed by atoms with E-state index in [1.165, 1.54) is 51.4 Å². The summed E-state index contributed by atoms with van der Waals surface area (Å²) in [6.45, 7) is 14.3. The zero-order valence-electron chi connectivity index (χ0n) is 14.0. The van der Waals surface area contributed by atoms with Crippen molar-refractivity contribution in [2.75, 3.05) is 0 Å².